The van der Waals surface area contributed by atoms with Crippen molar-refractivity contribution < 1.29 is 22.9 Å². The van der Waals surface area contributed by atoms with Crippen molar-refractivity contribution in [2.24, 2.45) is 0 Å². The molecule has 8 nitrogen and oxygen atoms in total. The predicted molar refractivity (Wildman–Crippen MR) is 108 cm³/mol. The number of nitrogens with one attached hydrogen (secondary N) is 2. The first-order valence-electron chi connectivity index (χ1n) is 9.45. The Hall–Kier alpha value is -3.82. The largest absolute Gasteiger partial charge is 0.344 e. The summed E-state index contributed by atoms with van der Waals surface area (Å²) in [5.41, 5.74) is 1.92. The fourth-order valence-corrected chi connectivity index (χ4v) is 2.58. The van der Waals surface area contributed by atoms with Gasteiger partial charge in [-0.3, -0.25) is 4.79 Å². The van der Waals surface area contributed by atoms with E-state index >= 15 is 0 Å². The predicted octanol–water partition coefficient (Wildman–Crippen LogP) is 3.29. The zero-order chi connectivity index (χ0) is 22.4. The van der Waals surface area contributed by atoms with Crippen molar-refractivity contribution in [3.8, 4) is 0 Å². The van der Waals surface area contributed by atoms with Gasteiger partial charge in [-0.15, -0.1) is 0 Å². The van der Waals surface area contributed by atoms with Crippen LogP contribution in [0.5, 0.6) is 0 Å². The first kappa shape index (κ1) is 21.9. The van der Waals surface area contributed by atoms with Crippen LogP contribution in [0.3, 0.4) is 0 Å². The van der Waals surface area contributed by atoms with E-state index in [1.165, 1.54) is 11.9 Å². The number of aryl methyl sites for hydroxylation is 1. The molecule has 2 N–H and O–H groups in total. The normalized spacial score (nSPS) is 10.6. The highest BCUT2D eigenvalue weighted by molar-refractivity contribution is 5.89. The number of rotatable bonds is 7. The van der Waals surface area contributed by atoms with Crippen LogP contribution in [0, 0.1) is 18.6 Å². The van der Waals surface area contributed by atoms with Crippen molar-refractivity contribution in [3.63, 3.8) is 0 Å². The van der Waals surface area contributed by atoms with Crippen LogP contribution in [-0.4, -0.2) is 40.6 Å². The minimum Gasteiger partial charge on any atom is -0.344 e. The molecule has 3 aromatic rings. The number of likely N-dealkylation sites (N-methyl/N-ethyl adjacent to an activating group) is 1. The summed E-state index contributed by atoms with van der Waals surface area (Å²) >= 11 is 0. The molecule has 0 saturated heterocycles. The maximum atomic E-state index is 13.6. The van der Waals surface area contributed by atoms with Gasteiger partial charge >= 0.3 is 17.8 Å². The van der Waals surface area contributed by atoms with Gasteiger partial charge in [0.1, 0.15) is 11.6 Å². The second-order valence-electron chi connectivity index (χ2n) is 6.91. The van der Waals surface area contributed by atoms with Crippen LogP contribution in [0.4, 0.5) is 19.3 Å². The van der Waals surface area contributed by atoms with Gasteiger partial charge in [-0.25, -0.2) is 13.6 Å². The number of carbonyl (C=O) groups is 2. The fraction of sp³-hybridized carbons (Fsp3) is 0.238. The fourth-order valence-electron chi connectivity index (χ4n) is 2.58. The van der Waals surface area contributed by atoms with Crippen molar-refractivity contribution in [2.75, 3.05) is 18.9 Å². The Bertz CT molecular complexity index is 1070. The summed E-state index contributed by atoms with van der Waals surface area (Å²) < 4.78 is 31.6. The van der Waals surface area contributed by atoms with Gasteiger partial charge in [0, 0.05) is 32.6 Å². The van der Waals surface area contributed by atoms with Gasteiger partial charge in [-0.1, -0.05) is 35.0 Å². The van der Waals surface area contributed by atoms with E-state index in [2.05, 4.69) is 20.8 Å². The lowest BCUT2D eigenvalue weighted by Crippen LogP contribution is -2.33. The molecule has 162 valence electrons. The van der Waals surface area contributed by atoms with E-state index in [0.717, 1.165) is 23.3 Å². The SMILES string of the molecule is Cc1ccc(CNC(=O)c2nc(CCN(C)C(=O)Nc3ccc(F)cc3F)no2)cc1. The number of hydrogen-bond donors (Lipinski definition) is 2. The zero-order valence-electron chi connectivity index (χ0n) is 17.0. The molecular formula is C21H21F2N5O3. The summed E-state index contributed by atoms with van der Waals surface area (Å²) in [5, 5.41) is 8.78. The number of aromatic nitrogens is 2. The summed E-state index contributed by atoms with van der Waals surface area (Å²) in [6.07, 6.45) is 0.213. The third-order valence-electron chi connectivity index (χ3n) is 4.43. The van der Waals surface area contributed by atoms with Gasteiger partial charge in [0.15, 0.2) is 5.82 Å². The van der Waals surface area contributed by atoms with E-state index < -0.39 is 23.6 Å². The van der Waals surface area contributed by atoms with Gasteiger partial charge < -0.3 is 20.1 Å². The molecule has 0 radical (unpaired) electrons. The monoisotopic (exact) mass is 429 g/mol. The number of benzene rings is 2. The molecule has 0 saturated carbocycles. The Morgan fingerprint density at radius 1 is 1.13 bits per heavy atom. The van der Waals surface area contributed by atoms with Crippen LogP contribution in [-0.2, 0) is 13.0 Å². The molecule has 0 fully saturated rings. The highest BCUT2D eigenvalue weighted by atomic mass is 19.1. The lowest BCUT2D eigenvalue weighted by Gasteiger charge is -2.17. The van der Waals surface area contributed by atoms with Crippen LogP contribution in [0.2, 0.25) is 0 Å². The Labute approximate surface area is 177 Å². The Morgan fingerprint density at radius 2 is 1.87 bits per heavy atom. The van der Waals surface area contributed by atoms with Crippen molar-refractivity contribution in [1.82, 2.24) is 20.4 Å². The van der Waals surface area contributed by atoms with Crippen molar-refractivity contribution in [3.05, 3.63) is 76.9 Å². The van der Waals surface area contributed by atoms with E-state index in [9.17, 15) is 18.4 Å². The minimum atomic E-state index is -0.874. The summed E-state index contributed by atoms with van der Waals surface area (Å²) in [6.45, 7) is 2.47. The number of nitrogens with zero attached hydrogens (tertiary/aromatic N) is 3. The molecule has 0 aliphatic rings. The van der Waals surface area contributed by atoms with E-state index in [0.29, 0.717) is 12.6 Å². The third-order valence-corrected chi connectivity index (χ3v) is 4.43. The van der Waals surface area contributed by atoms with Crippen molar-refractivity contribution >= 4 is 17.6 Å². The summed E-state index contributed by atoms with van der Waals surface area (Å²) in [6, 6.07) is 9.99. The zero-order valence-corrected chi connectivity index (χ0v) is 17.0. The molecule has 2 aromatic carbocycles. The molecular weight excluding hydrogens is 408 g/mol. The average Bonchev–Trinajstić information content (AvgIpc) is 3.22. The number of amides is 3. The number of hydrogen-bond acceptors (Lipinski definition) is 5. The summed E-state index contributed by atoms with van der Waals surface area (Å²) in [5.74, 6) is -2.05. The van der Waals surface area contributed by atoms with Crippen molar-refractivity contribution in [1.29, 1.82) is 0 Å². The number of urea groups is 1. The molecule has 0 unspecified atom stereocenters. The molecule has 1 aromatic heterocycles. The minimum absolute atomic E-state index is 0.134. The number of halogens is 2. The van der Waals surface area contributed by atoms with Gasteiger partial charge in [0.2, 0.25) is 0 Å². The lowest BCUT2D eigenvalue weighted by molar-refractivity contribution is 0.0907. The van der Waals surface area contributed by atoms with Gasteiger partial charge in [-0.05, 0) is 24.6 Å². The molecule has 31 heavy (non-hydrogen) atoms. The molecule has 0 bridgehead atoms. The molecule has 0 atom stereocenters. The smallest absolute Gasteiger partial charge is 0.321 e. The molecule has 3 rings (SSSR count). The van der Waals surface area contributed by atoms with Crippen LogP contribution in [0.25, 0.3) is 0 Å². The molecule has 10 heteroatoms. The van der Waals surface area contributed by atoms with E-state index in [4.69, 9.17) is 4.52 Å². The third kappa shape index (κ3) is 6.08. The van der Waals surface area contributed by atoms with E-state index in [1.54, 1.807) is 0 Å². The molecule has 0 aliphatic heterocycles. The van der Waals surface area contributed by atoms with E-state index in [-0.39, 0.29) is 30.4 Å². The maximum Gasteiger partial charge on any atom is 0.321 e. The number of anilines is 1. The maximum absolute atomic E-state index is 13.6. The quantitative estimate of drug-likeness (QED) is 0.600. The van der Waals surface area contributed by atoms with Crippen molar-refractivity contribution in [2.45, 2.75) is 19.9 Å². The van der Waals surface area contributed by atoms with Crippen LogP contribution in [0.1, 0.15) is 27.6 Å². The van der Waals surface area contributed by atoms with Gasteiger partial charge in [0.05, 0.1) is 5.69 Å². The van der Waals surface area contributed by atoms with Crippen LogP contribution < -0.4 is 10.6 Å². The molecule has 1 heterocycles. The second kappa shape index (κ2) is 9.79. The highest BCUT2D eigenvalue weighted by Crippen LogP contribution is 2.15. The molecule has 0 aliphatic carbocycles. The van der Waals surface area contributed by atoms with E-state index in [1.807, 2.05) is 31.2 Å². The molecule has 0 spiro atoms. The van der Waals surface area contributed by atoms with Crippen LogP contribution in [0.15, 0.2) is 47.0 Å². The Morgan fingerprint density at radius 3 is 2.58 bits per heavy atom. The second-order valence-corrected chi connectivity index (χ2v) is 6.91. The molecule has 3 amide bonds. The summed E-state index contributed by atoms with van der Waals surface area (Å²) in [7, 11) is 1.49. The summed E-state index contributed by atoms with van der Waals surface area (Å²) in [4.78, 5) is 29.6. The van der Waals surface area contributed by atoms with Gasteiger partial charge in [0.25, 0.3) is 0 Å². The topological polar surface area (TPSA) is 100 Å². The Balaban J connectivity index is 1.48. The van der Waals surface area contributed by atoms with Gasteiger partial charge in [-0.2, -0.15) is 4.98 Å². The lowest BCUT2D eigenvalue weighted by atomic mass is 10.1. The first-order chi connectivity index (χ1) is 14.8. The van der Waals surface area contributed by atoms with Crippen LogP contribution >= 0.6 is 0 Å². The average molecular weight is 429 g/mol. The Kier molecular flexibility index (Phi) is 6.91. The number of carbonyl (C=O) groups excluding carboxylic acids is 2. The highest BCUT2D eigenvalue weighted by Gasteiger charge is 2.17. The first-order valence-corrected chi connectivity index (χ1v) is 9.45. The standard InChI is InChI=1S/C21H21F2N5O3/c1-13-3-5-14(6-4-13)12-24-19(29)20-26-18(27-31-20)9-10-28(2)21(30)25-17-8-7-15(22)11-16(17)23/h3-8,11H,9-10,12H2,1-2H3,(H,24,29)(H,25,30).